The smallest absolute Gasteiger partial charge is 0.239 e. The molecule has 0 spiro atoms. The van der Waals surface area contributed by atoms with Crippen molar-refractivity contribution in [2.75, 3.05) is 11.2 Å². The molecular weight excluding hydrogens is 323 g/mol. The molecule has 4 nitrogen and oxygen atoms in total. The molecule has 0 fully saturated rings. The lowest BCUT2D eigenvalue weighted by Gasteiger charge is -2.06. The van der Waals surface area contributed by atoms with E-state index < -0.39 is 0 Å². The SMILES string of the molecule is Cc1ccc2oc(-c3ccc(Cl)c(NC(=O)CCl)c3)nc2c1. The molecule has 2 aromatic carbocycles. The van der Waals surface area contributed by atoms with Crippen LogP contribution in [0.3, 0.4) is 0 Å². The Morgan fingerprint density at radius 3 is 2.86 bits per heavy atom. The zero-order chi connectivity index (χ0) is 15.7. The van der Waals surface area contributed by atoms with Crippen molar-refractivity contribution >= 4 is 45.9 Å². The molecule has 1 heterocycles. The number of amides is 1. The summed E-state index contributed by atoms with van der Waals surface area (Å²) in [6, 6.07) is 11.0. The van der Waals surface area contributed by atoms with Crippen LogP contribution >= 0.6 is 23.2 Å². The summed E-state index contributed by atoms with van der Waals surface area (Å²) < 4.78 is 5.74. The molecule has 0 aliphatic heterocycles. The van der Waals surface area contributed by atoms with Crippen LogP contribution in [0.2, 0.25) is 5.02 Å². The number of oxazole rings is 1. The van der Waals surface area contributed by atoms with Crippen LogP contribution in [-0.4, -0.2) is 16.8 Å². The zero-order valence-electron chi connectivity index (χ0n) is 11.7. The predicted molar refractivity (Wildman–Crippen MR) is 88.5 cm³/mol. The molecule has 0 radical (unpaired) electrons. The highest BCUT2D eigenvalue weighted by molar-refractivity contribution is 6.34. The maximum Gasteiger partial charge on any atom is 0.239 e. The van der Waals surface area contributed by atoms with Crippen molar-refractivity contribution in [1.82, 2.24) is 4.98 Å². The largest absolute Gasteiger partial charge is 0.436 e. The van der Waals surface area contributed by atoms with Crippen molar-refractivity contribution < 1.29 is 9.21 Å². The van der Waals surface area contributed by atoms with Gasteiger partial charge >= 0.3 is 0 Å². The number of nitrogens with zero attached hydrogens (tertiary/aromatic N) is 1. The van der Waals surface area contributed by atoms with E-state index in [9.17, 15) is 4.79 Å². The number of carbonyl (C=O) groups is 1. The first kappa shape index (κ1) is 14.9. The summed E-state index contributed by atoms with van der Waals surface area (Å²) in [6.45, 7) is 2.00. The fourth-order valence-electron chi connectivity index (χ4n) is 2.10. The number of benzene rings is 2. The Labute approximate surface area is 137 Å². The normalized spacial score (nSPS) is 10.9. The van der Waals surface area contributed by atoms with Crippen LogP contribution < -0.4 is 5.32 Å². The van der Waals surface area contributed by atoms with Crippen molar-refractivity contribution in [2.45, 2.75) is 6.92 Å². The number of rotatable bonds is 3. The molecule has 1 N–H and O–H groups in total. The minimum atomic E-state index is -0.325. The second kappa shape index (κ2) is 5.99. The summed E-state index contributed by atoms with van der Waals surface area (Å²) in [4.78, 5) is 15.9. The Bertz CT molecular complexity index is 858. The fourth-order valence-corrected chi connectivity index (χ4v) is 2.33. The lowest BCUT2D eigenvalue weighted by molar-refractivity contribution is -0.113. The van der Waals surface area contributed by atoms with Crippen LogP contribution in [0.5, 0.6) is 0 Å². The van der Waals surface area contributed by atoms with E-state index in [1.807, 2.05) is 25.1 Å². The van der Waals surface area contributed by atoms with Crippen molar-refractivity contribution in [3.8, 4) is 11.5 Å². The summed E-state index contributed by atoms with van der Waals surface area (Å²) in [6.07, 6.45) is 0. The molecule has 3 rings (SSSR count). The lowest BCUT2D eigenvalue weighted by atomic mass is 10.2. The number of hydrogen-bond acceptors (Lipinski definition) is 3. The highest BCUT2D eigenvalue weighted by Crippen LogP contribution is 2.30. The van der Waals surface area contributed by atoms with Crippen LogP contribution in [0.25, 0.3) is 22.6 Å². The number of aryl methyl sites for hydroxylation is 1. The first-order valence-electron chi connectivity index (χ1n) is 6.60. The molecule has 112 valence electrons. The molecule has 0 aliphatic rings. The number of anilines is 1. The molecule has 0 aliphatic carbocycles. The Morgan fingerprint density at radius 2 is 2.09 bits per heavy atom. The van der Waals surface area contributed by atoms with Gasteiger partial charge in [0.1, 0.15) is 11.4 Å². The second-order valence-corrected chi connectivity index (χ2v) is 5.54. The van der Waals surface area contributed by atoms with Crippen molar-refractivity contribution in [2.24, 2.45) is 0 Å². The third-order valence-corrected chi connectivity index (χ3v) is 3.72. The third kappa shape index (κ3) is 2.93. The Balaban J connectivity index is 2.02. The van der Waals surface area contributed by atoms with Crippen LogP contribution in [-0.2, 0) is 4.79 Å². The number of alkyl halides is 1. The molecular formula is C16H12Cl2N2O2. The zero-order valence-corrected chi connectivity index (χ0v) is 13.2. The van der Waals surface area contributed by atoms with Crippen molar-refractivity contribution in [1.29, 1.82) is 0 Å². The summed E-state index contributed by atoms with van der Waals surface area (Å²) in [5.74, 6) is 0.00969. The van der Waals surface area contributed by atoms with Gasteiger partial charge in [-0.05, 0) is 42.8 Å². The molecule has 0 unspecified atom stereocenters. The van der Waals surface area contributed by atoms with Gasteiger partial charge in [0.25, 0.3) is 0 Å². The van der Waals surface area contributed by atoms with Crippen LogP contribution in [0, 0.1) is 6.92 Å². The molecule has 0 saturated heterocycles. The summed E-state index contributed by atoms with van der Waals surface area (Å²) in [5.41, 5.74) is 3.81. The minimum Gasteiger partial charge on any atom is -0.436 e. The molecule has 1 aromatic heterocycles. The van der Waals surface area contributed by atoms with E-state index in [1.165, 1.54) is 0 Å². The maximum atomic E-state index is 11.4. The van der Waals surface area contributed by atoms with E-state index in [2.05, 4.69) is 10.3 Å². The molecule has 1 amide bonds. The van der Waals surface area contributed by atoms with Gasteiger partial charge in [0.2, 0.25) is 11.8 Å². The van der Waals surface area contributed by atoms with Gasteiger partial charge in [-0.2, -0.15) is 0 Å². The van der Waals surface area contributed by atoms with E-state index in [-0.39, 0.29) is 11.8 Å². The van der Waals surface area contributed by atoms with Crippen molar-refractivity contribution in [3.63, 3.8) is 0 Å². The Hall–Kier alpha value is -2.04. The van der Waals surface area contributed by atoms with Gasteiger partial charge < -0.3 is 9.73 Å². The first-order valence-corrected chi connectivity index (χ1v) is 7.51. The van der Waals surface area contributed by atoms with Gasteiger partial charge in [-0.25, -0.2) is 4.98 Å². The van der Waals surface area contributed by atoms with Gasteiger partial charge in [0.15, 0.2) is 5.58 Å². The Morgan fingerprint density at radius 1 is 1.27 bits per heavy atom. The molecule has 6 heteroatoms. The lowest BCUT2D eigenvalue weighted by Crippen LogP contribution is -2.12. The number of halogens is 2. The topological polar surface area (TPSA) is 55.1 Å². The molecule has 0 bridgehead atoms. The van der Waals surface area contributed by atoms with Crippen LogP contribution in [0.15, 0.2) is 40.8 Å². The highest BCUT2D eigenvalue weighted by atomic mass is 35.5. The fraction of sp³-hybridized carbons (Fsp3) is 0.125. The number of aromatic nitrogens is 1. The third-order valence-electron chi connectivity index (χ3n) is 3.15. The quantitative estimate of drug-likeness (QED) is 0.710. The number of hydrogen-bond donors (Lipinski definition) is 1. The average Bonchev–Trinajstić information content (AvgIpc) is 2.92. The van der Waals surface area contributed by atoms with Crippen molar-refractivity contribution in [3.05, 3.63) is 47.0 Å². The summed E-state index contributed by atoms with van der Waals surface area (Å²) in [5, 5.41) is 3.07. The van der Waals surface area contributed by atoms with Crippen LogP contribution in [0.1, 0.15) is 5.56 Å². The second-order valence-electron chi connectivity index (χ2n) is 4.87. The maximum absolute atomic E-state index is 11.4. The van der Waals surface area contributed by atoms with E-state index in [0.29, 0.717) is 22.2 Å². The molecule has 0 atom stereocenters. The standard InChI is InChI=1S/C16H12Cl2N2O2/c1-9-2-5-14-13(6-9)20-16(22-14)10-3-4-11(18)12(7-10)19-15(21)8-17/h2-7H,8H2,1H3,(H,19,21). The highest BCUT2D eigenvalue weighted by Gasteiger charge is 2.12. The van der Waals surface area contributed by atoms with Gasteiger partial charge in [-0.15, -0.1) is 11.6 Å². The van der Waals surface area contributed by atoms with Gasteiger partial charge in [-0.3, -0.25) is 4.79 Å². The van der Waals surface area contributed by atoms with E-state index in [1.54, 1.807) is 18.2 Å². The Kier molecular flexibility index (Phi) is 4.05. The minimum absolute atomic E-state index is 0.136. The average molecular weight is 335 g/mol. The summed E-state index contributed by atoms with van der Waals surface area (Å²) >= 11 is 11.6. The number of carbonyl (C=O) groups excluding carboxylic acids is 1. The number of nitrogens with one attached hydrogen (secondary N) is 1. The van der Waals surface area contributed by atoms with Gasteiger partial charge in [-0.1, -0.05) is 17.7 Å². The predicted octanol–water partition coefficient (Wildman–Crippen LogP) is 4.63. The van der Waals surface area contributed by atoms with E-state index in [0.717, 1.165) is 16.6 Å². The summed E-state index contributed by atoms with van der Waals surface area (Å²) in [7, 11) is 0. The van der Waals surface area contributed by atoms with Crippen LogP contribution in [0.4, 0.5) is 5.69 Å². The van der Waals surface area contributed by atoms with Gasteiger partial charge in [0, 0.05) is 5.56 Å². The van der Waals surface area contributed by atoms with Gasteiger partial charge in [0.05, 0.1) is 10.7 Å². The van der Waals surface area contributed by atoms with E-state index >= 15 is 0 Å². The number of fused-ring (bicyclic) bond motifs is 1. The molecule has 3 aromatic rings. The first-order chi connectivity index (χ1) is 10.6. The monoisotopic (exact) mass is 334 g/mol. The molecule has 22 heavy (non-hydrogen) atoms. The van der Waals surface area contributed by atoms with E-state index in [4.69, 9.17) is 27.6 Å². The molecule has 0 saturated carbocycles.